The highest BCUT2D eigenvalue weighted by atomic mass is 28.1. The van der Waals surface area contributed by atoms with Crippen LogP contribution in [0.3, 0.4) is 0 Å². The molecule has 0 aliphatic rings. The molecular weight excluding hydrogens is 64.1 g/mol. The Balaban J connectivity index is 2.32. The van der Waals surface area contributed by atoms with Crippen molar-refractivity contribution in [3.63, 3.8) is 0 Å². The van der Waals surface area contributed by atoms with E-state index in [1.54, 1.807) is 0 Å². The lowest BCUT2D eigenvalue weighted by atomic mass is 10.6. The predicted molar refractivity (Wildman–Crippen MR) is 24.7 cm³/mol. The van der Waals surface area contributed by atoms with Gasteiger partial charge >= 0.3 is 0 Å². The maximum Gasteiger partial charge on any atom is 0.00637 e. The van der Waals surface area contributed by atoms with Crippen LogP contribution in [0, 0.1) is 6.92 Å². The third-order valence-electron chi connectivity index (χ3n) is 0. The zero-order chi connectivity index (χ0) is 3.58. The fourth-order valence-corrected chi connectivity index (χ4v) is 0. The Kier molecular flexibility index (Phi) is 1.61. The average Bonchev–Trinajstić information content (AvgIpc) is 0.811. The van der Waals surface area contributed by atoms with E-state index in [4.69, 9.17) is 0 Å². The van der Waals surface area contributed by atoms with Crippen molar-refractivity contribution >= 4 is 10.2 Å². The molecule has 0 aromatic rings. The third kappa shape index (κ3) is 69.8. The Morgan fingerprint density at radius 3 is 2.00 bits per heavy atom. The van der Waals surface area contributed by atoms with Gasteiger partial charge in [0.2, 0.25) is 0 Å². The van der Waals surface area contributed by atoms with Crippen molar-refractivity contribution in [3.05, 3.63) is 6.92 Å². The van der Waals surface area contributed by atoms with Crippen LogP contribution in [0.15, 0.2) is 0 Å². The van der Waals surface area contributed by atoms with Crippen LogP contribution in [-0.4, -0.2) is 10.2 Å². The van der Waals surface area contributed by atoms with Gasteiger partial charge in [-0.2, -0.15) is 0 Å². The molecule has 1 radical (unpaired) electrons. The molecule has 0 aromatic carbocycles. The van der Waals surface area contributed by atoms with Gasteiger partial charge in [0.25, 0.3) is 0 Å². The van der Waals surface area contributed by atoms with Gasteiger partial charge in [0.15, 0.2) is 0 Å². The maximum absolute atomic E-state index is 3.70. The number of hydrogen-bond donors (Lipinski definition) is 0. The van der Waals surface area contributed by atoms with Gasteiger partial charge in [0.05, 0.1) is 0 Å². The Hall–Kier alpha value is 0.217. The molecule has 1 heteroatoms. The molecular formula is C3H9Si. The van der Waals surface area contributed by atoms with Crippen LogP contribution in [0.4, 0.5) is 0 Å². The summed E-state index contributed by atoms with van der Waals surface area (Å²) >= 11 is 0. The summed E-state index contributed by atoms with van der Waals surface area (Å²) in [4.78, 5) is 0. The van der Waals surface area contributed by atoms with Crippen molar-refractivity contribution in [1.82, 2.24) is 0 Å². The molecule has 0 heterocycles. The molecule has 0 aliphatic carbocycles. The third-order valence-corrected chi connectivity index (χ3v) is 0. The summed E-state index contributed by atoms with van der Waals surface area (Å²) in [5.41, 5.74) is 0.722. The van der Waals surface area contributed by atoms with Gasteiger partial charge in [-0.25, -0.2) is 0 Å². The Bertz CT molecular complexity index is 8.00. The van der Waals surface area contributed by atoms with E-state index in [0.717, 1.165) is 5.54 Å². The molecule has 0 aromatic heterocycles. The van der Waals surface area contributed by atoms with Gasteiger partial charge in [-0.15, -0.1) is 0 Å². The molecule has 0 saturated carbocycles. The summed E-state index contributed by atoms with van der Waals surface area (Å²) in [6.45, 7) is 5.82. The van der Waals surface area contributed by atoms with Crippen molar-refractivity contribution in [2.45, 2.75) is 12.5 Å². The summed E-state index contributed by atoms with van der Waals surface area (Å²) in [7, 11) is 1.24. The van der Waals surface area contributed by atoms with E-state index in [9.17, 15) is 0 Å². The van der Waals surface area contributed by atoms with Gasteiger partial charge < -0.3 is 0 Å². The maximum atomic E-state index is 3.70. The van der Waals surface area contributed by atoms with E-state index >= 15 is 0 Å². The molecule has 0 aliphatic heterocycles. The summed E-state index contributed by atoms with van der Waals surface area (Å²) in [5.74, 6) is 0. The van der Waals surface area contributed by atoms with Crippen LogP contribution in [0.25, 0.3) is 0 Å². The zero-order valence-corrected chi connectivity index (χ0v) is 5.28. The van der Waals surface area contributed by atoms with Gasteiger partial charge in [-0.3, -0.25) is 0 Å². The van der Waals surface area contributed by atoms with E-state index in [-0.39, 0.29) is 0 Å². The van der Waals surface area contributed by atoms with Crippen LogP contribution in [-0.2, 0) is 0 Å². The Labute approximate surface area is 30.6 Å². The summed E-state index contributed by atoms with van der Waals surface area (Å²) in [6, 6.07) is 0. The second-order valence-corrected chi connectivity index (χ2v) is 3.37. The largest absolute Gasteiger partial charge is 0.0658 e. The molecule has 1 unspecified atom stereocenters. The van der Waals surface area contributed by atoms with Crippen LogP contribution in [0.2, 0.25) is 5.54 Å². The van der Waals surface area contributed by atoms with E-state index in [1.807, 2.05) is 0 Å². The van der Waals surface area contributed by atoms with Crippen molar-refractivity contribution in [2.75, 3.05) is 0 Å². The standard InChI is InChI=1S/C3H9Si/c1-3(2)4/h3H,1H2,2,4H3. The Morgan fingerprint density at radius 2 is 2.00 bits per heavy atom. The topological polar surface area (TPSA) is 0 Å². The number of rotatable bonds is 0. The minimum atomic E-state index is 0.722. The SMILES string of the molecule is [CH2]C(C)[SiH3]. The second-order valence-electron chi connectivity index (χ2n) is 1.39. The van der Waals surface area contributed by atoms with E-state index < -0.39 is 0 Å². The fraction of sp³-hybridized carbons (Fsp3) is 0.667. The normalized spacial score (nSPS) is 9.75. The molecule has 0 nitrogen and oxygen atoms in total. The molecule has 0 rings (SSSR count). The minimum absolute atomic E-state index is 0.722. The van der Waals surface area contributed by atoms with Crippen LogP contribution >= 0.6 is 0 Å². The fourth-order valence-electron chi connectivity index (χ4n) is 0. The first-order chi connectivity index (χ1) is 1.73. The predicted octanol–water partition coefficient (Wildman–Crippen LogP) is -0.00571. The monoisotopic (exact) mass is 73.0 g/mol. The molecule has 1 atom stereocenters. The highest BCUT2D eigenvalue weighted by Gasteiger charge is 1.69. The quantitative estimate of drug-likeness (QED) is 0.354. The average molecular weight is 73.2 g/mol. The molecule has 0 spiro atoms. The lowest BCUT2D eigenvalue weighted by Crippen LogP contribution is -1.67. The molecule has 0 saturated heterocycles. The molecule has 0 bridgehead atoms. The van der Waals surface area contributed by atoms with E-state index in [1.165, 1.54) is 10.2 Å². The second kappa shape index (κ2) is 1.53. The van der Waals surface area contributed by atoms with Gasteiger partial charge in [0.1, 0.15) is 0 Å². The molecule has 4 heavy (non-hydrogen) atoms. The minimum Gasteiger partial charge on any atom is -0.0658 e. The molecule has 0 N–H and O–H groups in total. The first-order valence-electron chi connectivity index (χ1n) is 1.56. The smallest absolute Gasteiger partial charge is 0.00637 e. The van der Waals surface area contributed by atoms with Crippen LogP contribution in [0.5, 0.6) is 0 Å². The first-order valence-corrected chi connectivity index (χ1v) is 2.72. The van der Waals surface area contributed by atoms with Crippen molar-refractivity contribution in [3.8, 4) is 0 Å². The van der Waals surface area contributed by atoms with Gasteiger partial charge in [0, 0.05) is 10.2 Å². The Morgan fingerprint density at radius 1 is 2.00 bits per heavy atom. The molecule has 0 fully saturated rings. The highest BCUT2D eigenvalue weighted by Crippen LogP contribution is 1.83. The van der Waals surface area contributed by atoms with E-state index in [2.05, 4.69) is 13.8 Å². The highest BCUT2D eigenvalue weighted by molar-refractivity contribution is 6.11. The van der Waals surface area contributed by atoms with Crippen LogP contribution in [0.1, 0.15) is 6.92 Å². The lowest BCUT2D eigenvalue weighted by molar-refractivity contribution is 1.21. The number of hydrogen-bond acceptors (Lipinski definition) is 0. The summed E-state index contributed by atoms with van der Waals surface area (Å²) in [6.07, 6.45) is 0. The van der Waals surface area contributed by atoms with Gasteiger partial charge in [-0.1, -0.05) is 19.4 Å². The van der Waals surface area contributed by atoms with Gasteiger partial charge in [-0.05, 0) is 0 Å². The lowest BCUT2D eigenvalue weighted by Gasteiger charge is -1.78. The zero-order valence-electron chi connectivity index (χ0n) is 3.28. The van der Waals surface area contributed by atoms with Crippen LogP contribution < -0.4 is 0 Å². The first kappa shape index (κ1) is 4.22. The molecule has 25 valence electrons. The summed E-state index contributed by atoms with van der Waals surface area (Å²) in [5, 5.41) is 0. The van der Waals surface area contributed by atoms with Crippen molar-refractivity contribution in [1.29, 1.82) is 0 Å². The van der Waals surface area contributed by atoms with E-state index in [0.29, 0.717) is 0 Å². The van der Waals surface area contributed by atoms with Crippen molar-refractivity contribution in [2.24, 2.45) is 0 Å². The molecule has 0 amide bonds. The van der Waals surface area contributed by atoms with Crippen molar-refractivity contribution < 1.29 is 0 Å². The summed E-state index contributed by atoms with van der Waals surface area (Å²) < 4.78 is 0.